The number of nitrogens with two attached hydrogens (primary N) is 1. The van der Waals surface area contributed by atoms with Crippen molar-refractivity contribution in [2.75, 3.05) is 18.2 Å². The summed E-state index contributed by atoms with van der Waals surface area (Å²) in [6, 6.07) is 0.230. The maximum absolute atomic E-state index is 12.2. The van der Waals surface area contributed by atoms with E-state index in [1.54, 1.807) is 0 Å². The molecule has 0 unspecified atom stereocenters. The van der Waals surface area contributed by atoms with Gasteiger partial charge in [0.05, 0.1) is 17.7 Å². The molecule has 0 radical (unpaired) electrons. The van der Waals surface area contributed by atoms with Gasteiger partial charge in [0, 0.05) is 12.0 Å². The van der Waals surface area contributed by atoms with Gasteiger partial charge in [-0.05, 0) is 12.8 Å². The van der Waals surface area contributed by atoms with Crippen LogP contribution >= 0.6 is 11.3 Å². The van der Waals surface area contributed by atoms with Crippen LogP contribution in [0.4, 0.5) is 10.7 Å². The van der Waals surface area contributed by atoms with E-state index in [1.165, 1.54) is 18.4 Å². The molecule has 3 N–H and O–H groups in total. The molecule has 0 saturated carbocycles. The van der Waals surface area contributed by atoms with Gasteiger partial charge in [-0.25, -0.2) is 4.79 Å². The van der Waals surface area contributed by atoms with Crippen LogP contribution < -0.4 is 11.1 Å². The summed E-state index contributed by atoms with van der Waals surface area (Å²) in [5.41, 5.74) is 6.52. The van der Waals surface area contributed by atoms with Crippen LogP contribution in [0.1, 0.15) is 60.6 Å². The van der Waals surface area contributed by atoms with Crippen molar-refractivity contribution >= 4 is 33.8 Å². The van der Waals surface area contributed by atoms with E-state index in [2.05, 4.69) is 19.2 Å². The average Bonchev–Trinajstić information content (AvgIpc) is 2.79. The summed E-state index contributed by atoms with van der Waals surface area (Å²) < 4.78 is 4.80. The summed E-state index contributed by atoms with van der Waals surface area (Å²) in [5, 5.41) is 3.92. The van der Waals surface area contributed by atoms with Gasteiger partial charge in [0.1, 0.15) is 10.6 Å². The zero-order chi connectivity index (χ0) is 16.2. The predicted octanol–water partition coefficient (Wildman–Crippen LogP) is 3.56. The number of carbonyl (C=O) groups is 2. The van der Waals surface area contributed by atoms with E-state index in [1.807, 2.05) is 13.8 Å². The van der Waals surface area contributed by atoms with Gasteiger partial charge in [0.2, 0.25) is 0 Å². The van der Waals surface area contributed by atoms with Crippen LogP contribution in [0.5, 0.6) is 0 Å². The summed E-state index contributed by atoms with van der Waals surface area (Å²) >= 11 is 1.24. The molecule has 5 nitrogen and oxygen atoms in total. The molecule has 6 heteroatoms. The molecular formula is C15H24N2O3S. The standard InChI is InChI=1S/C15H24N2O3S/c1-6-9(7-2)17-14-10(15(19)20-5)11(16)13(21-14)12(18)8(3)4/h8-9,17H,6-7,16H2,1-5H3. The normalized spacial score (nSPS) is 11.0. The van der Waals surface area contributed by atoms with Gasteiger partial charge in [-0.2, -0.15) is 0 Å². The average molecular weight is 312 g/mol. The van der Waals surface area contributed by atoms with Crippen LogP contribution in [0.3, 0.4) is 0 Å². The summed E-state index contributed by atoms with van der Waals surface area (Å²) in [6.45, 7) is 7.76. The van der Waals surface area contributed by atoms with E-state index in [4.69, 9.17) is 10.5 Å². The van der Waals surface area contributed by atoms with E-state index in [0.717, 1.165) is 12.8 Å². The first-order valence-corrected chi connectivity index (χ1v) is 8.00. The lowest BCUT2D eigenvalue weighted by atomic mass is 10.1. The number of methoxy groups -OCH3 is 1. The van der Waals surface area contributed by atoms with E-state index in [-0.39, 0.29) is 29.0 Å². The molecule has 1 heterocycles. The molecule has 21 heavy (non-hydrogen) atoms. The molecule has 118 valence electrons. The van der Waals surface area contributed by atoms with Crippen LogP contribution in [0, 0.1) is 5.92 Å². The third-order valence-electron chi connectivity index (χ3n) is 3.40. The molecular weight excluding hydrogens is 288 g/mol. The number of ether oxygens (including phenoxy) is 1. The van der Waals surface area contributed by atoms with E-state index < -0.39 is 5.97 Å². The number of ketones is 1. The maximum Gasteiger partial charge on any atom is 0.343 e. The molecule has 0 fully saturated rings. The SMILES string of the molecule is CCC(CC)Nc1sc(C(=O)C(C)C)c(N)c1C(=O)OC. The minimum absolute atomic E-state index is 0.0553. The first-order valence-electron chi connectivity index (χ1n) is 7.18. The van der Waals surface area contributed by atoms with Crippen molar-refractivity contribution < 1.29 is 14.3 Å². The van der Waals surface area contributed by atoms with Crippen molar-refractivity contribution in [1.29, 1.82) is 0 Å². The Morgan fingerprint density at radius 3 is 2.29 bits per heavy atom. The monoisotopic (exact) mass is 312 g/mol. The fraction of sp³-hybridized carbons (Fsp3) is 0.600. The zero-order valence-corrected chi connectivity index (χ0v) is 14.1. The molecule has 0 aliphatic heterocycles. The Hall–Kier alpha value is -1.56. The molecule has 0 saturated heterocycles. The number of nitrogen functional groups attached to an aromatic ring is 1. The molecule has 1 aromatic rings. The van der Waals surface area contributed by atoms with E-state index >= 15 is 0 Å². The number of nitrogens with one attached hydrogen (secondary N) is 1. The molecule has 0 bridgehead atoms. The number of rotatable bonds is 7. The van der Waals surface area contributed by atoms with Crippen molar-refractivity contribution in [3.8, 4) is 0 Å². The highest BCUT2D eigenvalue weighted by Gasteiger charge is 2.27. The molecule has 0 aromatic carbocycles. The van der Waals surface area contributed by atoms with Crippen molar-refractivity contribution in [3.63, 3.8) is 0 Å². The molecule has 0 aliphatic carbocycles. The van der Waals surface area contributed by atoms with Gasteiger partial charge >= 0.3 is 5.97 Å². The molecule has 0 aliphatic rings. The number of thiophene rings is 1. The Bertz CT molecular complexity index is 519. The first-order chi connectivity index (χ1) is 9.87. The second-order valence-electron chi connectivity index (χ2n) is 5.22. The lowest BCUT2D eigenvalue weighted by Crippen LogP contribution is -2.18. The number of anilines is 2. The highest BCUT2D eigenvalue weighted by atomic mass is 32.1. The van der Waals surface area contributed by atoms with Gasteiger partial charge in [-0.1, -0.05) is 27.7 Å². The van der Waals surface area contributed by atoms with Crippen molar-refractivity contribution in [2.24, 2.45) is 5.92 Å². The predicted molar refractivity (Wildman–Crippen MR) is 87.2 cm³/mol. The van der Waals surface area contributed by atoms with Gasteiger partial charge in [0.25, 0.3) is 0 Å². The Morgan fingerprint density at radius 2 is 1.86 bits per heavy atom. The van der Waals surface area contributed by atoms with Crippen molar-refractivity contribution in [2.45, 2.75) is 46.6 Å². The molecule has 0 spiro atoms. The third kappa shape index (κ3) is 3.75. The van der Waals surface area contributed by atoms with E-state index in [0.29, 0.717) is 9.88 Å². The highest BCUT2D eigenvalue weighted by Crippen LogP contribution is 2.38. The summed E-state index contributed by atoms with van der Waals surface area (Å²) in [5.74, 6) is -0.738. The summed E-state index contributed by atoms with van der Waals surface area (Å²) in [7, 11) is 1.31. The minimum Gasteiger partial charge on any atom is -0.465 e. The van der Waals surface area contributed by atoms with Crippen LogP contribution in [0.15, 0.2) is 0 Å². The molecule has 0 amide bonds. The van der Waals surface area contributed by atoms with Gasteiger partial charge < -0.3 is 15.8 Å². The Balaban J connectivity index is 3.30. The molecule has 0 atom stereocenters. The summed E-state index contributed by atoms with van der Waals surface area (Å²) in [4.78, 5) is 24.6. The fourth-order valence-electron chi connectivity index (χ4n) is 1.97. The van der Waals surface area contributed by atoms with Gasteiger partial charge in [0.15, 0.2) is 5.78 Å². The van der Waals surface area contributed by atoms with Crippen molar-refractivity contribution in [3.05, 3.63) is 10.4 Å². The third-order valence-corrected chi connectivity index (χ3v) is 4.55. The fourth-order valence-corrected chi connectivity index (χ4v) is 3.25. The van der Waals surface area contributed by atoms with Crippen LogP contribution in [-0.2, 0) is 4.74 Å². The smallest absolute Gasteiger partial charge is 0.343 e. The lowest BCUT2D eigenvalue weighted by molar-refractivity contribution is 0.0603. The number of hydrogen-bond donors (Lipinski definition) is 2. The van der Waals surface area contributed by atoms with Crippen LogP contribution in [-0.4, -0.2) is 24.9 Å². The number of esters is 1. The zero-order valence-electron chi connectivity index (χ0n) is 13.3. The van der Waals surface area contributed by atoms with Gasteiger partial charge in [-0.15, -0.1) is 11.3 Å². The van der Waals surface area contributed by atoms with Gasteiger partial charge in [-0.3, -0.25) is 4.79 Å². The maximum atomic E-state index is 12.2. The van der Waals surface area contributed by atoms with E-state index in [9.17, 15) is 9.59 Å². The Kier molecular flexibility index (Phi) is 6.20. The highest BCUT2D eigenvalue weighted by molar-refractivity contribution is 7.19. The number of carbonyl (C=O) groups excluding carboxylic acids is 2. The van der Waals surface area contributed by atoms with Crippen LogP contribution in [0.2, 0.25) is 0 Å². The van der Waals surface area contributed by atoms with Crippen LogP contribution in [0.25, 0.3) is 0 Å². The lowest BCUT2D eigenvalue weighted by Gasteiger charge is -2.15. The Morgan fingerprint density at radius 1 is 1.29 bits per heavy atom. The summed E-state index contributed by atoms with van der Waals surface area (Å²) in [6.07, 6.45) is 1.84. The molecule has 1 rings (SSSR count). The second kappa shape index (κ2) is 7.45. The Labute approximate surface area is 129 Å². The van der Waals surface area contributed by atoms with Crippen molar-refractivity contribution in [1.82, 2.24) is 0 Å². The number of hydrogen-bond acceptors (Lipinski definition) is 6. The molecule has 1 aromatic heterocycles. The second-order valence-corrected chi connectivity index (χ2v) is 6.24. The quantitative estimate of drug-likeness (QED) is 0.594. The number of Topliss-reactive ketones (excluding diaryl/α,β-unsaturated/α-hetero) is 1. The first kappa shape index (κ1) is 17.5. The topological polar surface area (TPSA) is 81.4 Å². The largest absolute Gasteiger partial charge is 0.465 e. The minimum atomic E-state index is -0.514.